The van der Waals surface area contributed by atoms with Crippen LogP contribution in [0.5, 0.6) is 0 Å². The van der Waals surface area contributed by atoms with Crippen LogP contribution < -0.4 is 0 Å². The van der Waals surface area contributed by atoms with Gasteiger partial charge in [0, 0.05) is 5.56 Å². The molecule has 0 fully saturated rings. The fourth-order valence-electron chi connectivity index (χ4n) is 1.83. The van der Waals surface area contributed by atoms with E-state index in [0.717, 1.165) is 18.0 Å². The lowest BCUT2D eigenvalue weighted by Crippen LogP contribution is -2.00. The van der Waals surface area contributed by atoms with E-state index in [1.807, 2.05) is 12.1 Å². The van der Waals surface area contributed by atoms with E-state index in [4.69, 9.17) is 4.74 Å². The molecule has 0 atom stereocenters. The zero-order valence-electron chi connectivity index (χ0n) is 8.31. The molecule has 0 saturated carbocycles. The molecule has 0 N–H and O–H groups in total. The summed E-state index contributed by atoms with van der Waals surface area (Å²) in [6.07, 6.45) is 0. The molecule has 0 radical (unpaired) electrons. The second kappa shape index (κ2) is 3.39. The number of benzene rings is 2. The molecule has 0 amide bonds. The Morgan fingerprint density at radius 1 is 1.00 bits per heavy atom. The molecule has 0 saturated heterocycles. The Morgan fingerprint density at radius 3 is 2.67 bits per heavy atom. The molecule has 0 bridgehead atoms. The normalized spacial score (nSPS) is 15.1. The Morgan fingerprint density at radius 2 is 1.87 bits per heavy atom. The molecule has 1 aliphatic rings. The van der Waals surface area contributed by atoms with E-state index in [2.05, 4.69) is 35.3 Å². The average molecular weight is 197 g/mol. The van der Waals surface area contributed by atoms with Crippen LogP contribution in [0.3, 0.4) is 0 Å². The number of ether oxygens (including phenoxy) is 1. The number of hydrogen-bond acceptors (Lipinski definition) is 2. The van der Waals surface area contributed by atoms with E-state index in [9.17, 15) is 0 Å². The molecule has 2 nitrogen and oxygen atoms in total. The molecule has 2 aromatic carbocycles. The summed E-state index contributed by atoms with van der Waals surface area (Å²) in [6, 6.07) is 14.6. The van der Waals surface area contributed by atoms with Gasteiger partial charge in [0.25, 0.3) is 0 Å². The lowest BCUT2D eigenvalue weighted by molar-refractivity contribution is 0.348. The predicted molar refractivity (Wildman–Crippen MR) is 61.3 cm³/mol. The summed E-state index contributed by atoms with van der Waals surface area (Å²) in [4.78, 5) is 4.31. The van der Waals surface area contributed by atoms with Gasteiger partial charge in [-0.3, -0.25) is 0 Å². The zero-order valence-corrected chi connectivity index (χ0v) is 8.31. The molecule has 3 rings (SSSR count). The maximum absolute atomic E-state index is 5.44. The summed E-state index contributed by atoms with van der Waals surface area (Å²) in [5, 5.41) is 2.48. The molecule has 2 aromatic rings. The Kier molecular flexibility index (Phi) is 1.91. The third-order valence-corrected chi connectivity index (χ3v) is 2.58. The van der Waals surface area contributed by atoms with Gasteiger partial charge in [0.15, 0.2) is 0 Å². The van der Waals surface area contributed by atoms with Gasteiger partial charge in [-0.15, -0.1) is 0 Å². The van der Waals surface area contributed by atoms with Crippen molar-refractivity contribution in [3.63, 3.8) is 0 Å². The number of aliphatic imine (C=N–C) groups is 1. The highest BCUT2D eigenvalue weighted by atomic mass is 16.5. The molecule has 0 aromatic heterocycles. The van der Waals surface area contributed by atoms with Crippen molar-refractivity contribution in [2.45, 2.75) is 0 Å². The minimum absolute atomic E-state index is 0.710. The Hall–Kier alpha value is -1.83. The van der Waals surface area contributed by atoms with Gasteiger partial charge >= 0.3 is 0 Å². The molecule has 0 aliphatic carbocycles. The first kappa shape index (κ1) is 8.48. The van der Waals surface area contributed by atoms with E-state index < -0.39 is 0 Å². The van der Waals surface area contributed by atoms with Crippen molar-refractivity contribution in [2.75, 3.05) is 13.2 Å². The second-order valence-corrected chi connectivity index (χ2v) is 3.60. The van der Waals surface area contributed by atoms with Gasteiger partial charge in [0.05, 0.1) is 6.54 Å². The summed E-state index contributed by atoms with van der Waals surface area (Å²) >= 11 is 0. The first-order valence-electron chi connectivity index (χ1n) is 5.10. The summed E-state index contributed by atoms with van der Waals surface area (Å²) < 4.78 is 5.44. The zero-order chi connectivity index (χ0) is 10.1. The SMILES string of the molecule is c1ccc2cc(C3=NCCO3)ccc2c1. The van der Waals surface area contributed by atoms with Crippen LogP contribution in [0.2, 0.25) is 0 Å². The lowest BCUT2D eigenvalue weighted by Gasteiger charge is -2.03. The van der Waals surface area contributed by atoms with Gasteiger partial charge in [0.1, 0.15) is 6.61 Å². The van der Waals surface area contributed by atoms with E-state index >= 15 is 0 Å². The largest absolute Gasteiger partial charge is 0.476 e. The Labute approximate surface area is 88.2 Å². The molecular formula is C13H11NO. The monoisotopic (exact) mass is 197 g/mol. The number of hydrogen-bond donors (Lipinski definition) is 0. The van der Waals surface area contributed by atoms with Crippen LogP contribution in [-0.4, -0.2) is 19.0 Å². The van der Waals surface area contributed by atoms with Gasteiger partial charge in [-0.1, -0.05) is 30.3 Å². The molecule has 1 aliphatic heterocycles. The molecule has 0 unspecified atom stereocenters. The predicted octanol–water partition coefficient (Wildman–Crippen LogP) is 2.62. The van der Waals surface area contributed by atoms with Crippen LogP contribution >= 0.6 is 0 Å². The van der Waals surface area contributed by atoms with Crippen molar-refractivity contribution in [1.29, 1.82) is 0 Å². The van der Waals surface area contributed by atoms with Gasteiger partial charge in [0.2, 0.25) is 5.90 Å². The van der Waals surface area contributed by atoms with E-state index in [1.54, 1.807) is 0 Å². The molecule has 15 heavy (non-hydrogen) atoms. The standard InChI is InChI=1S/C13H11NO/c1-2-4-11-9-12(6-5-10(11)3-1)13-14-7-8-15-13/h1-6,9H,7-8H2. The fourth-order valence-corrected chi connectivity index (χ4v) is 1.83. The average Bonchev–Trinajstić information content (AvgIpc) is 2.82. The summed E-state index contributed by atoms with van der Waals surface area (Å²) in [5.74, 6) is 0.778. The molecule has 74 valence electrons. The maximum Gasteiger partial charge on any atom is 0.216 e. The molecule has 2 heteroatoms. The quantitative estimate of drug-likeness (QED) is 0.688. The summed E-state index contributed by atoms with van der Waals surface area (Å²) in [6.45, 7) is 1.49. The molecule has 0 spiro atoms. The van der Waals surface area contributed by atoms with Crippen LogP contribution in [-0.2, 0) is 4.74 Å². The highest BCUT2D eigenvalue weighted by Crippen LogP contribution is 2.17. The lowest BCUT2D eigenvalue weighted by atomic mass is 10.1. The van der Waals surface area contributed by atoms with Gasteiger partial charge in [-0.2, -0.15) is 0 Å². The van der Waals surface area contributed by atoms with Crippen LogP contribution in [0.25, 0.3) is 10.8 Å². The first-order valence-corrected chi connectivity index (χ1v) is 5.10. The van der Waals surface area contributed by atoms with Crippen molar-refractivity contribution in [1.82, 2.24) is 0 Å². The van der Waals surface area contributed by atoms with Crippen LogP contribution in [0, 0.1) is 0 Å². The van der Waals surface area contributed by atoms with Crippen molar-refractivity contribution >= 4 is 16.7 Å². The molecular weight excluding hydrogens is 186 g/mol. The minimum atomic E-state index is 0.710. The van der Waals surface area contributed by atoms with Crippen molar-refractivity contribution in [3.8, 4) is 0 Å². The highest BCUT2D eigenvalue weighted by Gasteiger charge is 2.09. The number of rotatable bonds is 1. The Bertz CT molecular complexity index is 531. The van der Waals surface area contributed by atoms with Crippen LogP contribution in [0.15, 0.2) is 47.5 Å². The first-order chi connectivity index (χ1) is 7.43. The minimum Gasteiger partial charge on any atom is -0.476 e. The summed E-state index contributed by atoms with van der Waals surface area (Å²) in [7, 11) is 0. The number of fused-ring (bicyclic) bond motifs is 1. The van der Waals surface area contributed by atoms with Crippen molar-refractivity contribution < 1.29 is 4.74 Å². The third kappa shape index (κ3) is 1.48. The van der Waals surface area contributed by atoms with Crippen LogP contribution in [0.4, 0.5) is 0 Å². The summed E-state index contributed by atoms with van der Waals surface area (Å²) in [5.41, 5.74) is 1.08. The molecule has 1 heterocycles. The van der Waals surface area contributed by atoms with Gasteiger partial charge in [-0.05, 0) is 22.9 Å². The fraction of sp³-hybridized carbons (Fsp3) is 0.154. The van der Waals surface area contributed by atoms with Gasteiger partial charge < -0.3 is 4.74 Å². The smallest absolute Gasteiger partial charge is 0.216 e. The number of nitrogens with zero attached hydrogens (tertiary/aromatic N) is 1. The second-order valence-electron chi connectivity index (χ2n) is 3.60. The third-order valence-electron chi connectivity index (χ3n) is 2.58. The van der Waals surface area contributed by atoms with Crippen molar-refractivity contribution in [2.24, 2.45) is 4.99 Å². The van der Waals surface area contributed by atoms with Crippen LogP contribution in [0.1, 0.15) is 5.56 Å². The van der Waals surface area contributed by atoms with E-state index in [0.29, 0.717) is 6.61 Å². The van der Waals surface area contributed by atoms with Gasteiger partial charge in [-0.25, -0.2) is 4.99 Å². The van der Waals surface area contributed by atoms with E-state index in [-0.39, 0.29) is 0 Å². The Balaban J connectivity index is 2.13. The van der Waals surface area contributed by atoms with Crippen molar-refractivity contribution in [3.05, 3.63) is 48.0 Å². The highest BCUT2D eigenvalue weighted by molar-refractivity contribution is 5.99. The topological polar surface area (TPSA) is 21.6 Å². The van der Waals surface area contributed by atoms with E-state index in [1.165, 1.54) is 10.8 Å². The maximum atomic E-state index is 5.44.